The molecule has 49 heavy (non-hydrogen) atoms. The van der Waals surface area contributed by atoms with E-state index in [0.717, 1.165) is 12.8 Å². The third-order valence-electron chi connectivity index (χ3n) is 11.5. The van der Waals surface area contributed by atoms with E-state index < -0.39 is 0 Å². The highest BCUT2D eigenvalue weighted by Gasteiger charge is 2.42. The fraction of sp³-hybridized carbons (Fsp3) is 0.106. The molecule has 0 saturated carbocycles. The molecule has 232 valence electrons. The van der Waals surface area contributed by atoms with Gasteiger partial charge in [-0.3, -0.25) is 0 Å². The normalized spacial score (nSPS) is 14.7. The Morgan fingerprint density at radius 1 is 0.531 bits per heavy atom. The summed E-state index contributed by atoms with van der Waals surface area (Å²) < 4.78 is 4.95. The molecule has 0 unspecified atom stereocenters. The van der Waals surface area contributed by atoms with Gasteiger partial charge in [-0.2, -0.15) is 0 Å². The first-order valence-electron chi connectivity index (χ1n) is 17.5. The SMILES string of the molecule is CC1(C)c2c(ccc3c2C=CCC3)-c2c1c1c3ccccc3n(-c3ccc4c(c3)c3ccccc3n4-c3ccccc3)c1c1ccccc21. The number of aromatic nitrogens is 2. The predicted octanol–water partition coefficient (Wildman–Crippen LogP) is 12.3. The molecule has 2 heteroatoms. The van der Waals surface area contributed by atoms with Crippen LogP contribution in [0.25, 0.3) is 83.0 Å². The summed E-state index contributed by atoms with van der Waals surface area (Å²) in [7, 11) is 0. The molecule has 2 aliphatic rings. The van der Waals surface area contributed by atoms with Crippen molar-refractivity contribution in [3.8, 4) is 22.5 Å². The first-order valence-corrected chi connectivity index (χ1v) is 17.5. The van der Waals surface area contributed by atoms with Gasteiger partial charge in [-0.25, -0.2) is 0 Å². The van der Waals surface area contributed by atoms with Crippen molar-refractivity contribution in [3.05, 3.63) is 162 Å². The Kier molecular flexibility index (Phi) is 5.32. The van der Waals surface area contributed by atoms with Crippen LogP contribution in [0.3, 0.4) is 0 Å². The Hall–Kier alpha value is -5.86. The van der Waals surface area contributed by atoms with Gasteiger partial charge in [-0.15, -0.1) is 0 Å². The number of nitrogens with zero attached hydrogens (tertiary/aromatic N) is 2. The van der Waals surface area contributed by atoms with E-state index in [-0.39, 0.29) is 5.41 Å². The summed E-state index contributed by atoms with van der Waals surface area (Å²) in [6.07, 6.45) is 7.00. The number of para-hydroxylation sites is 3. The highest BCUT2D eigenvalue weighted by Crippen LogP contribution is 2.58. The van der Waals surface area contributed by atoms with Crippen molar-refractivity contribution < 1.29 is 0 Å². The van der Waals surface area contributed by atoms with Gasteiger partial charge in [0.15, 0.2) is 0 Å². The molecule has 0 saturated heterocycles. The number of fused-ring (bicyclic) bond motifs is 15. The Labute approximate surface area is 285 Å². The minimum Gasteiger partial charge on any atom is -0.309 e. The molecular formula is C47H34N2. The molecule has 2 heterocycles. The molecule has 0 radical (unpaired) electrons. The summed E-state index contributed by atoms with van der Waals surface area (Å²) in [4.78, 5) is 0. The van der Waals surface area contributed by atoms with Crippen LogP contribution in [0.4, 0.5) is 0 Å². The molecule has 0 N–H and O–H groups in total. The minimum atomic E-state index is -0.165. The third kappa shape index (κ3) is 3.46. The highest BCUT2D eigenvalue weighted by molar-refractivity contribution is 6.26. The average Bonchev–Trinajstić information content (AvgIpc) is 3.75. The van der Waals surface area contributed by atoms with E-state index >= 15 is 0 Å². The molecule has 0 aliphatic heterocycles. The van der Waals surface area contributed by atoms with E-state index in [9.17, 15) is 0 Å². The van der Waals surface area contributed by atoms with Crippen molar-refractivity contribution in [2.45, 2.75) is 32.1 Å². The largest absolute Gasteiger partial charge is 0.309 e. The molecule has 11 rings (SSSR count). The maximum absolute atomic E-state index is 2.55. The second-order valence-corrected chi connectivity index (χ2v) is 14.4. The van der Waals surface area contributed by atoms with Crippen LogP contribution >= 0.6 is 0 Å². The molecule has 2 aliphatic carbocycles. The molecule has 0 atom stereocenters. The first-order chi connectivity index (χ1) is 24.1. The summed E-state index contributed by atoms with van der Waals surface area (Å²) >= 11 is 0. The number of benzene rings is 7. The van der Waals surface area contributed by atoms with E-state index in [1.54, 1.807) is 0 Å². The summed E-state index contributed by atoms with van der Waals surface area (Å²) in [5.74, 6) is 0. The molecule has 0 spiro atoms. The minimum absolute atomic E-state index is 0.165. The molecule has 2 aromatic heterocycles. The maximum atomic E-state index is 2.55. The molecule has 7 aromatic carbocycles. The van der Waals surface area contributed by atoms with E-state index in [2.05, 4.69) is 169 Å². The Bertz CT molecular complexity index is 2890. The number of hydrogen-bond donors (Lipinski definition) is 0. The first kappa shape index (κ1) is 27.1. The van der Waals surface area contributed by atoms with Gasteiger partial charge in [-0.1, -0.05) is 117 Å². The quantitative estimate of drug-likeness (QED) is 0.181. The number of allylic oxidation sites excluding steroid dienone is 1. The Balaban J connectivity index is 1.29. The van der Waals surface area contributed by atoms with Crippen LogP contribution in [0.2, 0.25) is 0 Å². The second-order valence-electron chi connectivity index (χ2n) is 14.4. The van der Waals surface area contributed by atoms with Gasteiger partial charge in [0.2, 0.25) is 0 Å². The maximum Gasteiger partial charge on any atom is 0.0623 e. The third-order valence-corrected chi connectivity index (χ3v) is 11.5. The Morgan fingerprint density at radius 3 is 2.02 bits per heavy atom. The van der Waals surface area contributed by atoms with Gasteiger partial charge in [0.25, 0.3) is 0 Å². The lowest BCUT2D eigenvalue weighted by Crippen LogP contribution is -2.18. The molecule has 2 nitrogen and oxygen atoms in total. The zero-order valence-corrected chi connectivity index (χ0v) is 27.7. The summed E-state index contributed by atoms with van der Waals surface area (Å²) in [5.41, 5.74) is 15.9. The van der Waals surface area contributed by atoms with Crippen LogP contribution in [-0.4, -0.2) is 9.13 Å². The van der Waals surface area contributed by atoms with Gasteiger partial charge in [0.1, 0.15) is 0 Å². The number of rotatable bonds is 2. The van der Waals surface area contributed by atoms with Gasteiger partial charge in [0, 0.05) is 43.7 Å². The van der Waals surface area contributed by atoms with Gasteiger partial charge >= 0.3 is 0 Å². The van der Waals surface area contributed by atoms with E-state index in [0.29, 0.717) is 0 Å². The molecular weight excluding hydrogens is 593 g/mol. The lowest BCUT2D eigenvalue weighted by atomic mass is 9.76. The fourth-order valence-electron chi connectivity index (χ4n) is 9.56. The predicted molar refractivity (Wildman–Crippen MR) is 208 cm³/mol. The van der Waals surface area contributed by atoms with Crippen molar-refractivity contribution in [2.24, 2.45) is 0 Å². The topological polar surface area (TPSA) is 9.86 Å². The molecule has 0 fully saturated rings. The molecule has 0 amide bonds. The van der Waals surface area contributed by atoms with E-state index in [1.165, 1.54) is 99.1 Å². The molecule has 0 bridgehead atoms. The smallest absolute Gasteiger partial charge is 0.0623 e. The van der Waals surface area contributed by atoms with Gasteiger partial charge in [-0.05, 0) is 94.1 Å². The zero-order valence-electron chi connectivity index (χ0n) is 27.7. The van der Waals surface area contributed by atoms with Crippen LogP contribution in [0.5, 0.6) is 0 Å². The summed E-state index contributed by atoms with van der Waals surface area (Å²) in [5, 5.41) is 7.87. The zero-order chi connectivity index (χ0) is 32.4. The van der Waals surface area contributed by atoms with Crippen LogP contribution in [0.1, 0.15) is 42.5 Å². The van der Waals surface area contributed by atoms with Crippen molar-refractivity contribution in [1.82, 2.24) is 9.13 Å². The van der Waals surface area contributed by atoms with Crippen LogP contribution in [-0.2, 0) is 11.8 Å². The lowest BCUT2D eigenvalue weighted by molar-refractivity contribution is 0.663. The number of hydrogen-bond acceptors (Lipinski definition) is 0. The van der Waals surface area contributed by atoms with Gasteiger partial charge < -0.3 is 9.13 Å². The van der Waals surface area contributed by atoms with Gasteiger partial charge in [0.05, 0.1) is 22.1 Å². The standard InChI is InChI=1S/C47H34N2/c1-47(2)44-32-17-7-6-14-29(32)24-26-37(44)42-34-19-8-9-20-35(34)46-43(45(42)47)36-21-11-13-23-40(36)49(46)31-25-27-41-38(28-31)33-18-10-12-22-39(33)48(41)30-15-4-3-5-16-30/h3-5,7-13,15-28H,6,14H2,1-2H3. The van der Waals surface area contributed by atoms with Crippen LogP contribution in [0.15, 0.2) is 140 Å². The van der Waals surface area contributed by atoms with Crippen molar-refractivity contribution in [2.75, 3.05) is 0 Å². The van der Waals surface area contributed by atoms with Crippen molar-refractivity contribution in [3.63, 3.8) is 0 Å². The van der Waals surface area contributed by atoms with E-state index in [4.69, 9.17) is 0 Å². The summed E-state index contributed by atoms with van der Waals surface area (Å²) in [6, 6.07) is 49.6. The monoisotopic (exact) mass is 626 g/mol. The summed E-state index contributed by atoms with van der Waals surface area (Å²) in [6.45, 7) is 4.93. The van der Waals surface area contributed by atoms with Crippen LogP contribution < -0.4 is 0 Å². The molecule has 9 aromatic rings. The van der Waals surface area contributed by atoms with Crippen molar-refractivity contribution >= 4 is 60.5 Å². The lowest BCUT2D eigenvalue weighted by Gasteiger charge is -2.27. The average molecular weight is 627 g/mol. The van der Waals surface area contributed by atoms with Crippen molar-refractivity contribution in [1.29, 1.82) is 0 Å². The van der Waals surface area contributed by atoms with E-state index in [1.807, 2.05) is 0 Å². The fourth-order valence-corrected chi connectivity index (χ4v) is 9.56. The second kappa shape index (κ2) is 9.61. The van der Waals surface area contributed by atoms with Crippen LogP contribution in [0, 0.1) is 0 Å². The Morgan fingerprint density at radius 2 is 1.20 bits per heavy atom. The number of aryl methyl sites for hydroxylation is 1. The highest BCUT2D eigenvalue weighted by atomic mass is 15.0.